The van der Waals surface area contributed by atoms with E-state index in [2.05, 4.69) is 28.5 Å². The van der Waals surface area contributed by atoms with Crippen LogP contribution in [0.5, 0.6) is 0 Å². The van der Waals surface area contributed by atoms with Crippen LogP contribution in [0.4, 0.5) is 0 Å². The summed E-state index contributed by atoms with van der Waals surface area (Å²) in [5.41, 5.74) is 0. The summed E-state index contributed by atoms with van der Waals surface area (Å²) in [6.45, 7) is 11.2. The van der Waals surface area contributed by atoms with Gasteiger partial charge in [-0.2, -0.15) is 0 Å². The van der Waals surface area contributed by atoms with Crippen molar-refractivity contribution in [2.75, 3.05) is 39.3 Å². The van der Waals surface area contributed by atoms with E-state index in [0.717, 1.165) is 50.9 Å². The number of guanidine groups is 1. The second-order valence-electron chi connectivity index (χ2n) is 8.42. The van der Waals surface area contributed by atoms with Crippen molar-refractivity contribution in [3.05, 3.63) is 24.2 Å². The van der Waals surface area contributed by atoms with Crippen molar-refractivity contribution < 1.29 is 9.21 Å². The van der Waals surface area contributed by atoms with Crippen LogP contribution in [0, 0.1) is 5.92 Å². The Bertz CT molecular complexity index is 658. The first-order chi connectivity index (χ1) is 14.1. The number of hydrogen-bond donors (Lipinski definition) is 2. The van der Waals surface area contributed by atoms with E-state index < -0.39 is 0 Å². The Hall–Kier alpha value is -1.29. The van der Waals surface area contributed by atoms with E-state index in [4.69, 9.17) is 9.41 Å². The monoisotopic (exact) mass is 531 g/mol. The van der Waals surface area contributed by atoms with Crippen LogP contribution in [-0.4, -0.2) is 67.0 Å². The van der Waals surface area contributed by atoms with E-state index in [-0.39, 0.29) is 47.9 Å². The fourth-order valence-electron chi connectivity index (χ4n) is 4.23. The van der Waals surface area contributed by atoms with E-state index in [1.165, 1.54) is 19.3 Å². The number of furan rings is 1. The highest BCUT2D eigenvalue weighted by Crippen LogP contribution is 2.25. The van der Waals surface area contributed by atoms with Crippen molar-refractivity contribution in [3.63, 3.8) is 0 Å². The average Bonchev–Trinajstić information content (AvgIpc) is 3.41. The lowest BCUT2D eigenvalue weighted by Gasteiger charge is -2.32. The van der Waals surface area contributed by atoms with Gasteiger partial charge in [0, 0.05) is 31.6 Å². The molecule has 0 bridgehead atoms. The van der Waals surface area contributed by atoms with E-state index in [1.807, 2.05) is 24.8 Å². The second kappa shape index (κ2) is 12.5. The van der Waals surface area contributed by atoms with Gasteiger partial charge in [0.25, 0.3) is 0 Å². The molecule has 2 fully saturated rings. The number of aliphatic imine (C=N–C) groups is 1. The lowest BCUT2D eigenvalue weighted by atomic mass is 10.1. The summed E-state index contributed by atoms with van der Waals surface area (Å²) in [5, 5.41) is 6.91. The van der Waals surface area contributed by atoms with Crippen LogP contribution < -0.4 is 10.6 Å². The molecule has 2 atom stereocenters. The zero-order chi connectivity index (χ0) is 20.6. The molecule has 0 saturated carbocycles. The first-order valence-electron chi connectivity index (χ1n) is 11.2. The number of hydrogen-bond acceptors (Lipinski definition) is 4. The number of rotatable bonds is 7. The molecule has 8 heteroatoms. The molecule has 30 heavy (non-hydrogen) atoms. The number of nitrogens with zero attached hydrogens (tertiary/aromatic N) is 3. The van der Waals surface area contributed by atoms with Gasteiger partial charge in [0.05, 0.1) is 18.8 Å². The molecule has 2 saturated heterocycles. The quantitative estimate of drug-likeness (QED) is 0.321. The maximum absolute atomic E-state index is 12.3. The highest BCUT2D eigenvalue weighted by Gasteiger charge is 2.28. The van der Waals surface area contributed by atoms with E-state index in [1.54, 1.807) is 6.26 Å². The molecule has 0 aromatic carbocycles. The summed E-state index contributed by atoms with van der Waals surface area (Å²) in [6.07, 6.45) is 6.49. The van der Waals surface area contributed by atoms with Gasteiger partial charge in [-0.15, -0.1) is 24.0 Å². The number of nitrogens with one attached hydrogen (secondary N) is 2. The Balaban J connectivity index is 0.00000320. The van der Waals surface area contributed by atoms with Gasteiger partial charge in [0.15, 0.2) is 5.96 Å². The van der Waals surface area contributed by atoms with Crippen LogP contribution >= 0.6 is 24.0 Å². The molecular formula is C22H38IN5O2. The Morgan fingerprint density at radius 3 is 2.67 bits per heavy atom. The Labute approximate surface area is 198 Å². The zero-order valence-corrected chi connectivity index (χ0v) is 20.9. The number of carbonyl (C=O) groups is 1. The standard InChI is InChI=1S/C22H37N5O2.HI/c1-4-23-22(25-18-10-13-27(16-18)21(28)17(2)3)24-15-19(20-9-8-14-29-20)26-11-6-5-7-12-26;/h8-9,14,17-19H,4-7,10-13,15-16H2,1-3H3,(H2,23,24,25);1H. The van der Waals surface area contributed by atoms with Gasteiger partial charge in [-0.05, 0) is 51.4 Å². The fourth-order valence-corrected chi connectivity index (χ4v) is 4.23. The summed E-state index contributed by atoms with van der Waals surface area (Å²) >= 11 is 0. The maximum atomic E-state index is 12.3. The molecule has 3 heterocycles. The number of carbonyl (C=O) groups excluding carboxylic acids is 1. The van der Waals surface area contributed by atoms with Gasteiger partial charge in [0.2, 0.25) is 5.91 Å². The summed E-state index contributed by atoms with van der Waals surface area (Å²) in [4.78, 5) is 21.6. The van der Waals surface area contributed by atoms with E-state index >= 15 is 0 Å². The predicted molar refractivity (Wildman–Crippen MR) is 131 cm³/mol. The molecule has 2 N–H and O–H groups in total. The summed E-state index contributed by atoms with van der Waals surface area (Å²) < 4.78 is 5.74. The maximum Gasteiger partial charge on any atom is 0.225 e. The predicted octanol–water partition coefficient (Wildman–Crippen LogP) is 3.24. The van der Waals surface area contributed by atoms with Crippen molar-refractivity contribution in [2.45, 2.75) is 58.5 Å². The molecule has 7 nitrogen and oxygen atoms in total. The van der Waals surface area contributed by atoms with Crippen LogP contribution in [0.15, 0.2) is 27.8 Å². The topological polar surface area (TPSA) is 73.1 Å². The molecule has 1 aromatic rings. The smallest absolute Gasteiger partial charge is 0.225 e. The lowest BCUT2D eigenvalue weighted by molar-refractivity contribution is -0.133. The number of piperidine rings is 1. The van der Waals surface area contributed by atoms with Gasteiger partial charge in [-0.1, -0.05) is 20.3 Å². The number of halogens is 1. The second-order valence-corrected chi connectivity index (χ2v) is 8.42. The summed E-state index contributed by atoms with van der Waals surface area (Å²) in [7, 11) is 0. The first kappa shape index (κ1) is 25.0. The minimum absolute atomic E-state index is 0. The largest absolute Gasteiger partial charge is 0.468 e. The molecule has 1 aromatic heterocycles. The molecule has 2 aliphatic rings. The SMILES string of the molecule is CCNC(=NCC(c1ccco1)N1CCCCC1)NC1CCN(C(=O)C(C)C)C1.I. The Morgan fingerprint density at radius 1 is 1.27 bits per heavy atom. The van der Waals surface area contributed by atoms with E-state index in [0.29, 0.717) is 6.54 Å². The van der Waals surface area contributed by atoms with Crippen LogP contribution in [0.25, 0.3) is 0 Å². The molecule has 3 rings (SSSR count). The molecule has 0 radical (unpaired) electrons. The highest BCUT2D eigenvalue weighted by molar-refractivity contribution is 14.0. The van der Waals surface area contributed by atoms with E-state index in [9.17, 15) is 4.79 Å². The third kappa shape index (κ3) is 6.87. The number of likely N-dealkylation sites (tertiary alicyclic amines) is 2. The van der Waals surface area contributed by atoms with Gasteiger partial charge < -0.3 is 20.0 Å². The van der Waals surface area contributed by atoms with Crippen LogP contribution in [-0.2, 0) is 4.79 Å². The van der Waals surface area contributed by atoms with Crippen LogP contribution in [0.2, 0.25) is 0 Å². The normalized spacial score (nSPS) is 21.4. The van der Waals surface area contributed by atoms with Gasteiger partial charge >= 0.3 is 0 Å². The van der Waals surface area contributed by atoms with Crippen molar-refractivity contribution in [1.29, 1.82) is 0 Å². The third-order valence-corrected chi connectivity index (χ3v) is 5.80. The van der Waals surface area contributed by atoms with Crippen molar-refractivity contribution in [2.24, 2.45) is 10.9 Å². The van der Waals surface area contributed by atoms with Crippen LogP contribution in [0.1, 0.15) is 58.3 Å². The first-order valence-corrected chi connectivity index (χ1v) is 11.2. The third-order valence-electron chi connectivity index (χ3n) is 5.80. The van der Waals surface area contributed by atoms with Gasteiger partial charge in [-0.25, -0.2) is 0 Å². The minimum Gasteiger partial charge on any atom is -0.468 e. The zero-order valence-electron chi connectivity index (χ0n) is 18.6. The minimum atomic E-state index is 0. The molecule has 0 aliphatic carbocycles. The Kier molecular flexibility index (Phi) is 10.4. The molecular weight excluding hydrogens is 493 g/mol. The molecule has 1 amide bonds. The van der Waals surface area contributed by atoms with Crippen molar-refractivity contribution >= 4 is 35.8 Å². The molecule has 2 unspecified atom stereocenters. The molecule has 0 spiro atoms. The number of amides is 1. The highest BCUT2D eigenvalue weighted by atomic mass is 127. The van der Waals surface area contributed by atoms with Crippen molar-refractivity contribution in [3.8, 4) is 0 Å². The lowest BCUT2D eigenvalue weighted by Crippen LogP contribution is -2.46. The average molecular weight is 531 g/mol. The summed E-state index contributed by atoms with van der Waals surface area (Å²) in [5.74, 6) is 2.10. The summed E-state index contributed by atoms with van der Waals surface area (Å²) in [6, 6.07) is 4.43. The van der Waals surface area contributed by atoms with Crippen LogP contribution in [0.3, 0.4) is 0 Å². The Morgan fingerprint density at radius 2 is 2.03 bits per heavy atom. The molecule has 2 aliphatic heterocycles. The van der Waals surface area contributed by atoms with Gasteiger partial charge in [0.1, 0.15) is 5.76 Å². The van der Waals surface area contributed by atoms with Gasteiger partial charge in [-0.3, -0.25) is 14.7 Å². The van der Waals surface area contributed by atoms with Crippen molar-refractivity contribution in [1.82, 2.24) is 20.4 Å². The fraction of sp³-hybridized carbons (Fsp3) is 0.727. The molecule has 170 valence electrons.